The van der Waals surface area contributed by atoms with E-state index in [0.717, 1.165) is 10.9 Å². The van der Waals surface area contributed by atoms with Crippen molar-refractivity contribution in [2.45, 2.75) is 11.8 Å². The fraction of sp³-hybridized carbons (Fsp3) is 0.0714. The number of hydrogen-bond donors (Lipinski definition) is 2. The first-order valence-electron chi connectivity index (χ1n) is 6.42. The van der Waals surface area contributed by atoms with E-state index in [1.54, 1.807) is 18.3 Å². The average molecular weight is 349 g/mol. The van der Waals surface area contributed by atoms with Crippen LogP contribution in [0.2, 0.25) is 0 Å². The largest absolute Gasteiger partial charge is 0.505 e. The summed E-state index contributed by atoms with van der Waals surface area (Å²) < 4.78 is 32.6. The van der Waals surface area contributed by atoms with Crippen LogP contribution in [-0.4, -0.2) is 23.1 Å². The number of fused-ring (bicyclic) bond motifs is 1. The van der Waals surface area contributed by atoms with Crippen LogP contribution in [0.3, 0.4) is 0 Å². The summed E-state index contributed by atoms with van der Waals surface area (Å²) in [5, 5.41) is 18.9. The predicted molar refractivity (Wildman–Crippen MR) is 86.5 cm³/mol. The maximum absolute atomic E-state index is 11.6. The molecule has 0 aliphatic carbocycles. The van der Waals surface area contributed by atoms with Gasteiger partial charge in [0.25, 0.3) is 10.1 Å². The zero-order chi connectivity index (χ0) is 16.6. The van der Waals surface area contributed by atoms with E-state index >= 15 is 0 Å². The van der Waals surface area contributed by atoms with Crippen LogP contribution >= 0.6 is 11.3 Å². The number of phenolic OH excluding ortho intramolecular Hbond substituents is 1. The molecule has 0 radical (unpaired) electrons. The molecule has 1 aromatic heterocycles. The molecule has 2 aromatic carbocycles. The fourth-order valence-electron chi connectivity index (χ4n) is 2.09. The van der Waals surface area contributed by atoms with E-state index in [-0.39, 0.29) is 27.1 Å². The van der Waals surface area contributed by atoms with Gasteiger partial charge in [-0.1, -0.05) is 35.6 Å². The highest BCUT2D eigenvalue weighted by Gasteiger charge is 2.19. The van der Waals surface area contributed by atoms with E-state index in [1.165, 1.54) is 23.5 Å². The number of aromatic hydroxyl groups is 1. The van der Waals surface area contributed by atoms with Crippen molar-refractivity contribution in [3.8, 4) is 5.75 Å². The molecule has 9 heteroatoms. The first kappa shape index (κ1) is 15.5. The zero-order valence-electron chi connectivity index (χ0n) is 11.8. The van der Waals surface area contributed by atoms with Crippen LogP contribution < -0.4 is 0 Å². The Kier molecular flexibility index (Phi) is 3.84. The molecule has 0 aliphatic heterocycles. The van der Waals surface area contributed by atoms with Gasteiger partial charge >= 0.3 is 0 Å². The summed E-state index contributed by atoms with van der Waals surface area (Å²) in [6.07, 6.45) is 1.63. The van der Waals surface area contributed by atoms with Crippen molar-refractivity contribution in [1.82, 2.24) is 4.98 Å². The summed E-state index contributed by atoms with van der Waals surface area (Å²) >= 11 is 1.31. The lowest BCUT2D eigenvalue weighted by Crippen LogP contribution is -1.99. The van der Waals surface area contributed by atoms with Gasteiger partial charge in [0, 0.05) is 21.8 Å². The molecule has 0 saturated heterocycles. The molecular weight excluding hydrogens is 338 g/mol. The highest BCUT2D eigenvalue weighted by atomic mass is 32.2. The number of hydrogen-bond acceptors (Lipinski definition) is 7. The SMILES string of the molecule is Cc1cnc(N=Nc2cc(S(=O)(=O)O)c3ccccc3c2O)s1. The van der Waals surface area contributed by atoms with Crippen LogP contribution in [-0.2, 0) is 10.1 Å². The number of azo groups is 1. The van der Waals surface area contributed by atoms with Gasteiger partial charge in [0.2, 0.25) is 5.13 Å². The first-order chi connectivity index (χ1) is 10.9. The summed E-state index contributed by atoms with van der Waals surface area (Å²) in [7, 11) is -4.47. The molecule has 0 atom stereocenters. The molecule has 3 aromatic rings. The Bertz CT molecular complexity index is 1030. The number of aryl methyl sites for hydroxylation is 1. The molecule has 0 fully saturated rings. The number of nitrogens with zero attached hydrogens (tertiary/aromatic N) is 3. The Hall–Kier alpha value is -2.36. The summed E-state index contributed by atoms with van der Waals surface area (Å²) in [6.45, 7) is 1.86. The third-order valence-corrected chi connectivity index (χ3v) is 4.78. The number of aromatic nitrogens is 1. The van der Waals surface area contributed by atoms with Gasteiger partial charge < -0.3 is 5.11 Å². The number of phenols is 1. The Labute approximate surface area is 135 Å². The fourth-order valence-corrected chi connectivity index (χ4v) is 3.38. The predicted octanol–water partition coefficient (Wildman–Crippen LogP) is 3.97. The normalized spacial score (nSPS) is 12.3. The molecule has 0 bridgehead atoms. The second kappa shape index (κ2) is 5.69. The number of benzene rings is 2. The molecule has 0 unspecified atom stereocenters. The van der Waals surface area contributed by atoms with Crippen LogP contribution in [0, 0.1) is 6.92 Å². The van der Waals surface area contributed by atoms with E-state index in [9.17, 15) is 18.1 Å². The highest BCUT2D eigenvalue weighted by molar-refractivity contribution is 7.86. The minimum Gasteiger partial charge on any atom is -0.505 e. The van der Waals surface area contributed by atoms with Crippen molar-refractivity contribution < 1.29 is 18.1 Å². The van der Waals surface area contributed by atoms with Crippen LogP contribution in [0.4, 0.5) is 10.8 Å². The van der Waals surface area contributed by atoms with Gasteiger partial charge in [-0.2, -0.15) is 8.42 Å². The average Bonchev–Trinajstić information content (AvgIpc) is 2.91. The van der Waals surface area contributed by atoms with Gasteiger partial charge in [0.05, 0.1) is 0 Å². The molecule has 2 N–H and O–H groups in total. The smallest absolute Gasteiger partial charge is 0.295 e. The molecule has 118 valence electrons. The summed E-state index contributed by atoms with van der Waals surface area (Å²) in [5.74, 6) is -0.218. The molecule has 0 saturated carbocycles. The molecule has 3 rings (SSSR count). The van der Waals surface area contributed by atoms with Gasteiger partial charge in [-0.05, 0) is 13.0 Å². The summed E-state index contributed by atoms with van der Waals surface area (Å²) in [6, 6.07) is 7.35. The van der Waals surface area contributed by atoms with Crippen LogP contribution in [0.25, 0.3) is 10.8 Å². The van der Waals surface area contributed by atoms with E-state index in [1.807, 2.05) is 6.92 Å². The minimum atomic E-state index is -4.47. The molecule has 0 spiro atoms. The minimum absolute atomic E-state index is 0.0656. The van der Waals surface area contributed by atoms with Crippen LogP contribution in [0.5, 0.6) is 5.75 Å². The second-order valence-corrected chi connectivity index (χ2v) is 7.32. The lowest BCUT2D eigenvalue weighted by atomic mass is 10.1. The van der Waals surface area contributed by atoms with E-state index in [2.05, 4.69) is 15.2 Å². The van der Waals surface area contributed by atoms with Crippen molar-refractivity contribution in [3.05, 3.63) is 41.4 Å². The lowest BCUT2D eigenvalue weighted by Gasteiger charge is -2.08. The van der Waals surface area contributed by atoms with Gasteiger partial charge in [-0.15, -0.1) is 10.2 Å². The Morgan fingerprint density at radius 2 is 1.87 bits per heavy atom. The topological polar surface area (TPSA) is 112 Å². The maximum Gasteiger partial charge on any atom is 0.295 e. The summed E-state index contributed by atoms with van der Waals surface area (Å²) in [4.78, 5) is 4.61. The Morgan fingerprint density at radius 1 is 1.17 bits per heavy atom. The lowest BCUT2D eigenvalue weighted by molar-refractivity contribution is 0.480. The quantitative estimate of drug-likeness (QED) is 0.549. The van der Waals surface area contributed by atoms with E-state index in [0.29, 0.717) is 5.13 Å². The monoisotopic (exact) mass is 349 g/mol. The number of thiazole rings is 1. The third-order valence-electron chi connectivity index (χ3n) is 3.09. The molecular formula is C14H11N3O4S2. The molecule has 7 nitrogen and oxygen atoms in total. The van der Waals surface area contributed by atoms with E-state index < -0.39 is 10.1 Å². The Morgan fingerprint density at radius 3 is 2.48 bits per heavy atom. The van der Waals surface area contributed by atoms with Gasteiger partial charge in [0.1, 0.15) is 10.6 Å². The van der Waals surface area contributed by atoms with Crippen molar-refractivity contribution in [3.63, 3.8) is 0 Å². The van der Waals surface area contributed by atoms with Gasteiger partial charge in [0.15, 0.2) is 5.75 Å². The third kappa shape index (κ3) is 3.07. The zero-order valence-corrected chi connectivity index (χ0v) is 13.5. The Balaban J connectivity index is 2.21. The van der Waals surface area contributed by atoms with Crippen LogP contribution in [0.15, 0.2) is 51.7 Å². The first-order valence-corrected chi connectivity index (χ1v) is 8.68. The second-order valence-electron chi connectivity index (χ2n) is 4.72. The van der Waals surface area contributed by atoms with Gasteiger partial charge in [-0.25, -0.2) is 4.98 Å². The van der Waals surface area contributed by atoms with Crippen molar-refractivity contribution in [1.29, 1.82) is 0 Å². The van der Waals surface area contributed by atoms with Crippen molar-refractivity contribution in [2.24, 2.45) is 10.2 Å². The van der Waals surface area contributed by atoms with E-state index in [4.69, 9.17) is 0 Å². The van der Waals surface area contributed by atoms with Crippen molar-refractivity contribution >= 4 is 43.0 Å². The van der Waals surface area contributed by atoms with Gasteiger partial charge in [-0.3, -0.25) is 4.55 Å². The van der Waals surface area contributed by atoms with Crippen molar-refractivity contribution in [2.75, 3.05) is 0 Å². The maximum atomic E-state index is 11.6. The molecule has 0 amide bonds. The molecule has 23 heavy (non-hydrogen) atoms. The molecule has 0 aliphatic rings. The van der Waals surface area contributed by atoms with Crippen LogP contribution in [0.1, 0.15) is 4.88 Å². The standard InChI is InChI=1S/C14H11N3O4S2/c1-8-7-15-14(22-8)17-16-11-6-12(23(19,20)21)9-4-2-3-5-10(9)13(11)18/h2-7,18H,1H3,(H,19,20,21). The number of rotatable bonds is 3. The summed E-state index contributed by atoms with van der Waals surface area (Å²) in [5.41, 5.74) is -0.0656. The molecule has 1 heterocycles. The highest BCUT2D eigenvalue weighted by Crippen LogP contribution is 2.39.